The van der Waals surface area contributed by atoms with Crippen LogP contribution in [0.2, 0.25) is 0 Å². The number of carbonyl (C=O) groups is 1. The Balaban J connectivity index is 2.43. The first-order chi connectivity index (χ1) is 12.5. The molecule has 0 aromatic heterocycles. The van der Waals surface area contributed by atoms with Crippen molar-refractivity contribution in [3.63, 3.8) is 0 Å². The third kappa shape index (κ3) is 8.74. The Kier molecular flexibility index (Phi) is 10.2. The van der Waals surface area contributed by atoms with Crippen LogP contribution in [0, 0.1) is 0 Å². The normalized spacial score (nSPS) is 12.6. The largest absolute Gasteiger partial charge is 0.497 e. The predicted molar refractivity (Wildman–Crippen MR) is 108 cm³/mol. The predicted octanol–water partition coefficient (Wildman–Crippen LogP) is 2.66. The molecule has 26 heavy (non-hydrogen) atoms. The Bertz CT molecular complexity index is 555. The number of rotatable bonds is 10. The second-order valence-electron chi connectivity index (χ2n) is 6.62. The Hall–Kier alpha value is -2.24. The summed E-state index contributed by atoms with van der Waals surface area (Å²) in [5, 5.41) is 9.32. The molecule has 0 saturated heterocycles. The zero-order valence-corrected chi connectivity index (χ0v) is 16.8. The first-order valence-electron chi connectivity index (χ1n) is 9.41. The zero-order valence-electron chi connectivity index (χ0n) is 16.8. The smallest absolute Gasteiger partial charge is 0.221 e. The van der Waals surface area contributed by atoms with E-state index in [0.717, 1.165) is 31.2 Å². The van der Waals surface area contributed by atoms with E-state index >= 15 is 0 Å². The molecule has 0 radical (unpaired) electrons. The summed E-state index contributed by atoms with van der Waals surface area (Å²) >= 11 is 0. The second kappa shape index (κ2) is 12.2. The molecular formula is C20H34N4O2. The Morgan fingerprint density at radius 3 is 2.42 bits per heavy atom. The number of hydrogen-bond donors (Lipinski definition) is 3. The van der Waals surface area contributed by atoms with Gasteiger partial charge in [0.1, 0.15) is 5.75 Å². The molecule has 1 amide bonds. The van der Waals surface area contributed by atoms with Crippen molar-refractivity contribution in [2.24, 2.45) is 4.99 Å². The van der Waals surface area contributed by atoms with E-state index in [0.29, 0.717) is 18.9 Å². The third-order valence-electron chi connectivity index (χ3n) is 3.96. The van der Waals surface area contributed by atoms with Crippen molar-refractivity contribution in [3.05, 3.63) is 29.8 Å². The lowest BCUT2D eigenvalue weighted by Gasteiger charge is -2.14. The Morgan fingerprint density at radius 1 is 1.15 bits per heavy atom. The molecule has 0 fully saturated rings. The van der Waals surface area contributed by atoms with Gasteiger partial charge in [0, 0.05) is 32.1 Å². The highest BCUT2D eigenvalue weighted by Gasteiger charge is 2.07. The molecule has 6 nitrogen and oxygen atoms in total. The molecule has 6 heteroatoms. The summed E-state index contributed by atoms with van der Waals surface area (Å²) in [6.07, 6.45) is 1.39. The van der Waals surface area contributed by atoms with Gasteiger partial charge in [0.25, 0.3) is 0 Å². The van der Waals surface area contributed by atoms with Crippen LogP contribution in [-0.4, -0.2) is 44.7 Å². The molecule has 0 heterocycles. The van der Waals surface area contributed by atoms with E-state index in [1.807, 2.05) is 32.9 Å². The van der Waals surface area contributed by atoms with E-state index in [1.165, 1.54) is 5.56 Å². The van der Waals surface area contributed by atoms with E-state index in [1.54, 1.807) is 7.11 Å². The van der Waals surface area contributed by atoms with Crippen molar-refractivity contribution in [1.82, 2.24) is 16.0 Å². The van der Waals surface area contributed by atoms with Crippen molar-refractivity contribution in [2.75, 3.05) is 26.7 Å². The molecule has 1 unspecified atom stereocenters. The molecule has 1 atom stereocenters. The number of ether oxygens (including phenoxy) is 1. The fourth-order valence-electron chi connectivity index (χ4n) is 2.50. The highest BCUT2D eigenvalue weighted by atomic mass is 16.5. The van der Waals surface area contributed by atoms with Crippen LogP contribution in [0.3, 0.4) is 0 Å². The van der Waals surface area contributed by atoms with Gasteiger partial charge < -0.3 is 20.7 Å². The maximum absolute atomic E-state index is 11.7. The third-order valence-corrected chi connectivity index (χ3v) is 3.96. The first-order valence-corrected chi connectivity index (χ1v) is 9.41. The van der Waals surface area contributed by atoms with Crippen molar-refractivity contribution in [1.29, 1.82) is 0 Å². The summed E-state index contributed by atoms with van der Waals surface area (Å²) in [6.45, 7) is 10.2. The topological polar surface area (TPSA) is 74.8 Å². The van der Waals surface area contributed by atoms with Gasteiger partial charge in [-0.25, -0.2) is 0 Å². The van der Waals surface area contributed by atoms with Gasteiger partial charge in [0.15, 0.2) is 5.96 Å². The molecule has 0 saturated carbocycles. The maximum Gasteiger partial charge on any atom is 0.221 e. The number of nitrogens with zero attached hydrogens (tertiary/aromatic N) is 1. The molecule has 1 rings (SSSR count). The van der Waals surface area contributed by atoms with Crippen molar-refractivity contribution in [3.8, 4) is 5.75 Å². The van der Waals surface area contributed by atoms with Gasteiger partial charge in [-0.05, 0) is 50.8 Å². The highest BCUT2D eigenvalue weighted by molar-refractivity contribution is 5.81. The lowest BCUT2D eigenvalue weighted by molar-refractivity contribution is -0.121. The summed E-state index contributed by atoms with van der Waals surface area (Å²) < 4.78 is 5.20. The number of methoxy groups -OCH3 is 1. The van der Waals surface area contributed by atoms with Gasteiger partial charge in [0.2, 0.25) is 5.91 Å². The minimum absolute atomic E-state index is 0.0523. The number of aliphatic imine (C=N–C) groups is 1. The fraction of sp³-hybridized carbons (Fsp3) is 0.600. The van der Waals surface area contributed by atoms with E-state index in [2.05, 4.69) is 40.0 Å². The van der Waals surface area contributed by atoms with Crippen molar-refractivity contribution >= 4 is 11.9 Å². The van der Waals surface area contributed by atoms with Gasteiger partial charge in [-0.3, -0.25) is 9.79 Å². The summed E-state index contributed by atoms with van der Waals surface area (Å²) in [5.74, 6) is 2.10. The van der Waals surface area contributed by atoms with Crippen LogP contribution < -0.4 is 20.7 Å². The van der Waals surface area contributed by atoms with E-state index < -0.39 is 0 Å². The highest BCUT2D eigenvalue weighted by Crippen LogP contribution is 2.21. The monoisotopic (exact) mass is 362 g/mol. The molecule has 0 spiro atoms. The number of guanidine groups is 1. The number of hydrogen-bond acceptors (Lipinski definition) is 3. The molecule has 0 aliphatic heterocycles. The first kappa shape index (κ1) is 21.8. The minimum Gasteiger partial charge on any atom is -0.497 e. The van der Waals surface area contributed by atoms with Crippen molar-refractivity contribution < 1.29 is 9.53 Å². The Labute approximate surface area is 157 Å². The lowest BCUT2D eigenvalue weighted by atomic mass is 9.98. The Morgan fingerprint density at radius 2 is 1.85 bits per heavy atom. The minimum atomic E-state index is 0.0523. The molecule has 0 aliphatic rings. The summed E-state index contributed by atoms with van der Waals surface area (Å²) in [6, 6.07) is 8.35. The van der Waals surface area contributed by atoms with Gasteiger partial charge in [-0.15, -0.1) is 0 Å². The van der Waals surface area contributed by atoms with E-state index in [-0.39, 0.29) is 11.9 Å². The van der Waals surface area contributed by atoms with Gasteiger partial charge in [0.05, 0.1) is 7.11 Å². The molecule has 146 valence electrons. The SMILES string of the molecule is CCNC(=NCCC(C)c1ccc(OC)cc1)NCCC(=O)NC(C)C. The molecule has 1 aromatic carbocycles. The fourth-order valence-corrected chi connectivity index (χ4v) is 2.50. The number of benzene rings is 1. The van der Waals surface area contributed by atoms with Crippen LogP contribution in [0.25, 0.3) is 0 Å². The summed E-state index contributed by atoms with van der Waals surface area (Å²) in [5.41, 5.74) is 1.28. The second-order valence-corrected chi connectivity index (χ2v) is 6.62. The van der Waals surface area contributed by atoms with Gasteiger partial charge in [-0.1, -0.05) is 19.1 Å². The molecule has 0 aliphatic carbocycles. The van der Waals surface area contributed by atoms with Crippen LogP contribution in [0.1, 0.15) is 52.0 Å². The molecule has 1 aromatic rings. The van der Waals surface area contributed by atoms with Crippen molar-refractivity contribution in [2.45, 2.75) is 52.5 Å². The van der Waals surface area contributed by atoms with Crippen LogP contribution in [-0.2, 0) is 4.79 Å². The summed E-state index contributed by atoms with van der Waals surface area (Å²) in [4.78, 5) is 16.3. The van der Waals surface area contributed by atoms with Gasteiger partial charge >= 0.3 is 0 Å². The molecular weight excluding hydrogens is 328 g/mol. The summed E-state index contributed by atoms with van der Waals surface area (Å²) in [7, 11) is 1.68. The molecule has 0 bridgehead atoms. The van der Waals surface area contributed by atoms with Crippen LogP contribution in [0.5, 0.6) is 5.75 Å². The van der Waals surface area contributed by atoms with E-state index in [4.69, 9.17) is 4.74 Å². The van der Waals surface area contributed by atoms with Gasteiger partial charge in [-0.2, -0.15) is 0 Å². The van der Waals surface area contributed by atoms with Crippen LogP contribution in [0.15, 0.2) is 29.3 Å². The maximum atomic E-state index is 11.7. The lowest BCUT2D eigenvalue weighted by Crippen LogP contribution is -2.40. The molecule has 3 N–H and O–H groups in total. The van der Waals surface area contributed by atoms with Crippen LogP contribution in [0.4, 0.5) is 0 Å². The number of carbonyl (C=O) groups excluding carboxylic acids is 1. The average Bonchev–Trinajstić information content (AvgIpc) is 2.61. The number of nitrogens with one attached hydrogen (secondary N) is 3. The van der Waals surface area contributed by atoms with Crippen LogP contribution >= 0.6 is 0 Å². The quantitative estimate of drug-likeness (QED) is 0.442. The average molecular weight is 363 g/mol. The zero-order chi connectivity index (χ0) is 19.4. The number of amides is 1. The standard InChI is InChI=1S/C20H34N4O2/c1-6-21-20(23-14-12-19(25)24-15(2)3)22-13-11-16(4)17-7-9-18(26-5)10-8-17/h7-10,15-16H,6,11-14H2,1-5H3,(H,24,25)(H2,21,22,23). The van der Waals surface area contributed by atoms with E-state index in [9.17, 15) is 4.79 Å².